The van der Waals surface area contributed by atoms with Crippen LogP contribution in [0.3, 0.4) is 0 Å². The maximum Gasteiger partial charge on any atom is 0.406 e. The van der Waals surface area contributed by atoms with E-state index < -0.39 is 11.7 Å². The minimum atomic E-state index is -1.12. The van der Waals surface area contributed by atoms with Crippen LogP contribution in [0.15, 0.2) is 11.8 Å². The molecule has 0 bridgehead atoms. The predicted octanol–water partition coefficient (Wildman–Crippen LogP) is 1.24. The molecule has 0 unspecified atom stereocenters. The quantitative estimate of drug-likeness (QED) is 0.272. The first-order chi connectivity index (χ1) is 4.72. The zero-order valence-electron chi connectivity index (χ0n) is 5.70. The van der Waals surface area contributed by atoms with E-state index in [-0.39, 0.29) is 0 Å². The van der Waals surface area contributed by atoms with E-state index in [9.17, 15) is 4.79 Å². The van der Waals surface area contributed by atoms with E-state index in [0.29, 0.717) is 6.42 Å². The van der Waals surface area contributed by atoms with Crippen molar-refractivity contribution in [3.05, 3.63) is 11.8 Å². The second kappa shape index (κ2) is 4.81. The second-order valence-electron chi connectivity index (χ2n) is 1.76. The Kier molecular flexibility index (Phi) is 4.32. The molecule has 0 aliphatic rings. The highest BCUT2D eigenvalue weighted by Crippen LogP contribution is 1.96. The molecule has 0 saturated carbocycles. The molecule has 58 valence electrons. The van der Waals surface area contributed by atoms with Crippen LogP contribution in [0.5, 0.6) is 0 Å². The number of hydrogen-bond acceptors (Lipinski definition) is 4. The Morgan fingerprint density at radius 1 is 1.70 bits per heavy atom. The summed E-state index contributed by atoms with van der Waals surface area (Å²) in [6, 6.07) is 0. The Bertz CT molecular complexity index is 139. The molecule has 10 heavy (non-hydrogen) atoms. The van der Waals surface area contributed by atoms with Crippen LogP contribution in [0.1, 0.15) is 19.8 Å². The molecule has 0 spiro atoms. The molecule has 0 fully saturated rings. The average molecular weight is 146 g/mol. The van der Waals surface area contributed by atoms with Gasteiger partial charge < -0.3 is 5.11 Å². The molecule has 0 aromatic heterocycles. The number of aliphatic hydroxyl groups excluding tert-OH is 1. The lowest BCUT2D eigenvalue weighted by Crippen LogP contribution is -2.03. The van der Waals surface area contributed by atoms with E-state index in [1.54, 1.807) is 0 Å². The van der Waals surface area contributed by atoms with Crippen LogP contribution in [-0.4, -0.2) is 16.3 Å². The van der Waals surface area contributed by atoms with Gasteiger partial charge in [0.15, 0.2) is 0 Å². The van der Waals surface area contributed by atoms with Crippen molar-refractivity contribution >= 4 is 5.97 Å². The summed E-state index contributed by atoms with van der Waals surface area (Å²) in [7, 11) is 0. The van der Waals surface area contributed by atoms with Gasteiger partial charge in [-0.1, -0.05) is 13.3 Å². The van der Waals surface area contributed by atoms with Gasteiger partial charge in [-0.3, -0.25) is 4.89 Å². The van der Waals surface area contributed by atoms with Crippen LogP contribution in [0, 0.1) is 0 Å². The summed E-state index contributed by atoms with van der Waals surface area (Å²) in [5.74, 6) is -1.67. The van der Waals surface area contributed by atoms with E-state index in [1.807, 2.05) is 6.92 Å². The summed E-state index contributed by atoms with van der Waals surface area (Å²) in [6.07, 6.45) is 2.70. The highest BCUT2D eigenvalue weighted by molar-refractivity contribution is 5.84. The maximum atomic E-state index is 10.2. The lowest BCUT2D eigenvalue weighted by Gasteiger charge is -1.92. The fourth-order valence-corrected chi connectivity index (χ4v) is 0.411. The van der Waals surface area contributed by atoms with Crippen molar-refractivity contribution < 1.29 is 20.0 Å². The van der Waals surface area contributed by atoms with Gasteiger partial charge in [0.2, 0.25) is 5.76 Å². The molecule has 0 aliphatic heterocycles. The Balaban J connectivity index is 3.80. The molecule has 0 rings (SSSR count). The van der Waals surface area contributed by atoms with Gasteiger partial charge in [0, 0.05) is 0 Å². The van der Waals surface area contributed by atoms with Crippen LogP contribution >= 0.6 is 0 Å². The molecular weight excluding hydrogens is 136 g/mol. The van der Waals surface area contributed by atoms with Gasteiger partial charge in [-0.15, -0.1) is 0 Å². The van der Waals surface area contributed by atoms with E-state index >= 15 is 0 Å². The standard InChI is InChI=1S/C6H10O4/c1-2-3-4-5(7)6(8)10-9/h4,7,9H,2-3H2,1H3. The molecule has 0 heterocycles. The van der Waals surface area contributed by atoms with E-state index in [4.69, 9.17) is 10.4 Å². The molecule has 0 aromatic rings. The molecule has 0 radical (unpaired) electrons. The number of unbranched alkanes of at least 4 members (excludes halogenated alkanes) is 1. The summed E-state index contributed by atoms with van der Waals surface area (Å²) < 4.78 is 0. The highest BCUT2D eigenvalue weighted by Gasteiger charge is 2.06. The summed E-state index contributed by atoms with van der Waals surface area (Å²) in [5, 5.41) is 16.4. The van der Waals surface area contributed by atoms with Crippen molar-refractivity contribution in [2.24, 2.45) is 0 Å². The molecule has 4 nitrogen and oxygen atoms in total. The topological polar surface area (TPSA) is 66.8 Å². The van der Waals surface area contributed by atoms with E-state index in [0.717, 1.165) is 6.42 Å². The van der Waals surface area contributed by atoms with Crippen molar-refractivity contribution in [1.82, 2.24) is 0 Å². The van der Waals surface area contributed by atoms with Crippen LogP contribution < -0.4 is 0 Å². The Labute approximate surface area is 58.7 Å². The molecule has 0 aliphatic carbocycles. The third-order valence-electron chi connectivity index (χ3n) is 0.918. The number of carbonyl (C=O) groups is 1. The monoisotopic (exact) mass is 146 g/mol. The first-order valence-electron chi connectivity index (χ1n) is 2.97. The van der Waals surface area contributed by atoms with Crippen molar-refractivity contribution in [2.75, 3.05) is 0 Å². The molecule has 0 aromatic carbocycles. The molecule has 0 saturated heterocycles. The zero-order chi connectivity index (χ0) is 7.98. The lowest BCUT2D eigenvalue weighted by molar-refractivity contribution is -0.232. The summed E-state index contributed by atoms with van der Waals surface area (Å²) in [6.45, 7) is 1.90. The smallest absolute Gasteiger partial charge is 0.406 e. The van der Waals surface area contributed by atoms with Crippen LogP contribution in [-0.2, 0) is 9.68 Å². The van der Waals surface area contributed by atoms with Crippen LogP contribution in [0.2, 0.25) is 0 Å². The minimum absolute atomic E-state index is 0.552. The van der Waals surface area contributed by atoms with Crippen molar-refractivity contribution in [2.45, 2.75) is 19.8 Å². The summed E-state index contributed by atoms with van der Waals surface area (Å²) in [4.78, 5) is 13.5. The van der Waals surface area contributed by atoms with Gasteiger partial charge >= 0.3 is 5.97 Å². The van der Waals surface area contributed by atoms with Gasteiger partial charge in [-0.25, -0.2) is 4.79 Å². The van der Waals surface area contributed by atoms with Crippen LogP contribution in [0.25, 0.3) is 0 Å². The lowest BCUT2D eigenvalue weighted by atomic mass is 10.3. The molecule has 4 heteroatoms. The number of aliphatic hydroxyl groups is 1. The van der Waals surface area contributed by atoms with Gasteiger partial charge in [-0.05, 0) is 12.5 Å². The number of carbonyl (C=O) groups excluding carboxylic acids is 1. The number of allylic oxidation sites excluding steroid dienone is 1. The number of rotatable bonds is 3. The average Bonchev–Trinajstić information content (AvgIpc) is 1.98. The second-order valence-corrected chi connectivity index (χ2v) is 1.76. The summed E-state index contributed by atoms with van der Waals surface area (Å²) >= 11 is 0. The first kappa shape index (κ1) is 8.97. The van der Waals surface area contributed by atoms with Gasteiger partial charge in [0.1, 0.15) is 0 Å². The molecule has 0 amide bonds. The van der Waals surface area contributed by atoms with Crippen molar-refractivity contribution in [3.63, 3.8) is 0 Å². The fraction of sp³-hybridized carbons (Fsp3) is 0.500. The largest absolute Gasteiger partial charge is 0.502 e. The minimum Gasteiger partial charge on any atom is -0.502 e. The Hall–Kier alpha value is -1.03. The molecule has 0 atom stereocenters. The fourth-order valence-electron chi connectivity index (χ4n) is 0.411. The van der Waals surface area contributed by atoms with Gasteiger partial charge in [0.05, 0.1) is 0 Å². The van der Waals surface area contributed by atoms with Crippen molar-refractivity contribution in [1.29, 1.82) is 0 Å². The third-order valence-corrected chi connectivity index (χ3v) is 0.918. The SMILES string of the molecule is CCCC=C(O)C(=O)OO. The summed E-state index contributed by atoms with van der Waals surface area (Å²) in [5.41, 5.74) is 0. The first-order valence-corrected chi connectivity index (χ1v) is 2.97. The van der Waals surface area contributed by atoms with Gasteiger partial charge in [-0.2, -0.15) is 5.26 Å². The Morgan fingerprint density at radius 3 is 2.70 bits per heavy atom. The van der Waals surface area contributed by atoms with E-state index in [1.165, 1.54) is 6.08 Å². The number of hydrogen-bond donors (Lipinski definition) is 2. The Morgan fingerprint density at radius 2 is 2.30 bits per heavy atom. The third kappa shape index (κ3) is 3.09. The predicted molar refractivity (Wildman–Crippen MR) is 34.3 cm³/mol. The van der Waals surface area contributed by atoms with Crippen LogP contribution in [0.4, 0.5) is 0 Å². The normalized spacial score (nSPS) is 11.2. The van der Waals surface area contributed by atoms with E-state index in [2.05, 4.69) is 4.89 Å². The van der Waals surface area contributed by atoms with Gasteiger partial charge in [0.25, 0.3) is 0 Å². The van der Waals surface area contributed by atoms with Crippen molar-refractivity contribution in [3.8, 4) is 0 Å². The maximum absolute atomic E-state index is 10.2. The molecular formula is C6H10O4. The highest BCUT2D eigenvalue weighted by atomic mass is 17.1. The molecule has 2 N–H and O–H groups in total. The zero-order valence-corrected chi connectivity index (χ0v) is 5.70.